The molecular weight excluding hydrogens is 864 g/mol. The highest BCUT2D eigenvalue weighted by atomic mass is 32.1. The van der Waals surface area contributed by atoms with Crippen LogP contribution in [-0.2, 0) is 17.3 Å². The van der Waals surface area contributed by atoms with Gasteiger partial charge in [0.05, 0.1) is 11.4 Å². The highest BCUT2D eigenvalue weighted by Crippen LogP contribution is 2.51. The van der Waals surface area contributed by atoms with Crippen molar-refractivity contribution in [1.29, 1.82) is 0 Å². The zero-order chi connectivity index (χ0) is 47.6. The number of aryl methyl sites for hydroxylation is 1. The van der Waals surface area contributed by atoms with Crippen LogP contribution in [0.5, 0.6) is 0 Å². The Morgan fingerprint density at radius 2 is 1.01 bits per heavy atom. The van der Waals surface area contributed by atoms with Crippen LogP contribution in [0.4, 0.5) is 34.1 Å². The van der Waals surface area contributed by atoms with E-state index in [4.69, 9.17) is 0 Å². The number of benzene rings is 10. The molecule has 1 aromatic heterocycles. The molecule has 2 nitrogen and oxygen atoms in total. The summed E-state index contributed by atoms with van der Waals surface area (Å²) in [5.74, 6) is 0. The largest absolute Gasteiger partial charge is 0.311 e. The molecule has 0 N–H and O–H groups in total. The lowest BCUT2D eigenvalue weighted by Gasteiger charge is -2.43. The standard InChI is InChI=1S/C66H55BN2S/c1-8-41-25-31-47(32-26-41)68-59-23-16-24-60-62(59)67(64-63(68)55-40-46(66(5,6)7)30-36-61(55)70-64)56-38-43(42-17-10-9-11-18-42)28-34-58(56)69(60)57-35-29-45(65(2,3)4)39-53(57)44-27-33-52-50-21-13-12-19-48(50)49-20-14-15-22-51(49)54(52)37-44/h9-40H,8H2,1-7H3. The van der Waals surface area contributed by atoms with Crippen molar-refractivity contribution in [2.75, 3.05) is 9.80 Å². The molecule has 0 radical (unpaired) electrons. The van der Waals surface area contributed by atoms with Crippen LogP contribution in [0.2, 0.25) is 0 Å². The summed E-state index contributed by atoms with van der Waals surface area (Å²) >= 11 is 1.97. The topological polar surface area (TPSA) is 6.48 Å². The van der Waals surface area contributed by atoms with E-state index in [9.17, 15) is 0 Å². The molecule has 0 saturated carbocycles. The fourth-order valence-corrected chi connectivity index (χ4v) is 12.9. The molecule has 0 bridgehead atoms. The fraction of sp³-hybridized carbons (Fsp3) is 0.152. The zero-order valence-electron chi connectivity index (χ0n) is 41.1. The Labute approximate surface area is 416 Å². The van der Waals surface area contributed by atoms with Gasteiger partial charge in [-0.25, -0.2) is 0 Å². The van der Waals surface area contributed by atoms with Crippen molar-refractivity contribution in [2.45, 2.75) is 65.7 Å². The summed E-state index contributed by atoms with van der Waals surface area (Å²) in [6.07, 6.45) is 1.00. The van der Waals surface area contributed by atoms with Crippen LogP contribution in [0, 0.1) is 0 Å². The Balaban J connectivity index is 1.12. The summed E-state index contributed by atoms with van der Waals surface area (Å²) in [7, 11) is 0. The van der Waals surface area contributed by atoms with E-state index in [1.165, 1.54) is 131 Å². The van der Waals surface area contributed by atoms with Crippen LogP contribution in [0.3, 0.4) is 0 Å². The third kappa shape index (κ3) is 6.60. The van der Waals surface area contributed by atoms with Gasteiger partial charge >= 0.3 is 0 Å². The smallest absolute Gasteiger partial charge is 0.264 e. The first-order valence-corrected chi connectivity index (χ1v) is 25.8. The first kappa shape index (κ1) is 42.7. The number of thiophene rings is 1. The Morgan fingerprint density at radius 1 is 0.429 bits per heavy atom. The molecule has 3 heterocycles. The maximum absolute atomic E-state index is 2.61. The third-order valence-electron chi connectivity index (χ3n) is 15.3. The quantitative estimate of drug-likeness (QED) is 0.125. The molecular formula is C66H55BN2S. The van der Waals surface area contributed by atoms with Crippen LogP contribution >= 0.6 is 11.3 Å². The second kappa shape index (κ2) is 15.8. The lowest BCUT2D eigenvalue weighted by molar-refractivity contribution is 0.590. The van der Waals surface area contributed by atoms with Gasteiger partial charge in [0.2, 0.25) is 0 Å². The molecule has 0 amide bonds. The van der Waals surface area contributed by atoms with E-state index in [0.29, 0.717) is 0 Å². The van der Waals surface area contributed by atoms with Crippen LogP contribution in [0.25, 0.3) is 64.7 Å². The van der Waals surface area contributed by atoms with Crippen LogP contribution in [-0.4, -0.2) is 6.71 Å². The van der Waals surface area contributed by atoms with E-state index < -0.39 is 0 Å². The Hall–Kier alpha value is -7.40. The van der Waals surface area contributed by atoms with Gasteiger partial charge in [0, 0.05) is 43.2 Å². The van der Waals surface area contributed by atoms with Crippen LogP contribution < -0.4 is 25.5 Å². The number of fused-ring (bicyclic) bond motifs is 12. The lowest BCUT2D eigenvalue weighted by atomic mass is 9.36. The summed E-state index contributed by atoms with van der Waals surface area (Å²) in [5.41, 5.74) is 18.8. The number of hydrogen-bond acceptors (Lipinski definition) is 3. The molecule has 0 spiro atoms. The second-order valence-electron chi connectivity index (χ2n) is 21.6. The first-order chi connectivity index (χ1) is 33.9. The minimum atomic E-state index is -0.0628. The minimum absolute atomic E-state index is 0.00502. The fourth-order valence-electron chi connectivity index (χ4n) is 11.6. The lowest BCUT2D eigenvalue weighted by Crippen LogP contribution is -2.60. The van der Waals surface area contributed by atoms with E-state index in [2.05, 4.69) is 252 Å². The van der Waals surface area contributed by atoms with Gasteiger partial charge in [0.1, 0.15) is 0 Å². The van der Waals surface area contributed by atoms with Gasteiger partial charge < -0.3 is 9.80 Å². The zero-order valence-corrected chi connectivity index (χ0v) is 41.9. The Morgan fingerprint density at radius 3 is 1.69 bits per heavy atom. The Kier molecular flexibility index (Phi) is 9.65. The van der Waals surface area contributed by atoms with Gasteiger partial charge in [-0.3, -0.25) is 0 Å². The molecule has 0 fully saturated rings. The number of anilines is 6. The molecule has 0 unspecified atom stereocenters. The van der Waals surface area contributed by atoms with Crippen molar-refractivity contribution < 1.29 is 0 Å². The van der Waals surface area contributed by atoms with Crippen molar-refractivity contribution in [1.82, 2.24) is 0 Å². The molecule has 13 rings (SSSR count). The van der Waals surface area contributed by atoms with E-state index in [0.717, 1.165) is 6.42 Å². The molecule has 338 valence electrons. The predicted octanol–water partition coefficient (Wildman–Crippen LogP) is 16.9. The maximum atomic E-state index is 2.61. The van der Waals surface area contributed by atoms with Crippen molar-refractivity contribution in [3.63, 3.8) is 0 Å². The number of rotatable bonds is 5. The molecule has 2 aliphatic rings. The van der Waals surface area contributed by atoms with Crippen LogP contribution in [0.1, 0.15) is 65.2 Å². The highest BCUT2D eigenvalue weighted by molar-refractivity contribution is 7.33. The van der Waals surface area contributed by atoms with Crippen LogP contribution in [0.15, 0.2) is 194 Å². The van der Waals surface area contributed by atoms with Gasteiger partial charge in [-0.05, 0) is 155 Å². The second-order valence-corrected chi connectivity index (χ2v) is 22.7. The minimum Gasteiger partial charge on any atom is -0.311 e. The molecule has 0 saturated heterocycles. The van der Waals surface area contributed by atoms with Gasteiger partial charge in [-0.1, -0.05) is 182 Å². The number of hydrogen-bond donors (Lipinski definition) is 0. The molecule has 0 atom stereocenters. The van der Waals surface area contributed by atoms with E-state index >= 15 is 0 Å². The maximum Gasteiger partial charge on any atom is 0.264 e. The van der Waals surface area contributed by atoms with Gasteiger partial charge in [-0.15, -0.1) is 11.3 Å². The SMILES string of the molecule is CCc1ccc(N2c3cccc4c3B(c3cc(-c5ccccc5)ccc3N4c3ccc(C(C)(C)C)cc3-c3ccc4c5ccccc5c5ccccc5c4c3)c3sc4ccc(C(C)(C)C)cc4c32)cc1. The molecule has 10 aromatic carbocycles. The molecule has 4 heteroatoms. The average molecular weight is 919 g/mol. The van der Waals surface area contributed by atoms with E-state index in [-0.39, 0.29) is 17.5 Å². The predicted molar refractivity (Wildman–Crippen MR) is 306 cm³/mol. The van der Waals surface area contributed by atoms with E-state index in [1.807, 2.05) is 11.3 Å². The summed E-state index contributed by atoms with van der Waals surface area (Å²) in [5, 5.41) is 9.03. The van der Waals surface area contributed by atoms with Crippen molar-refractivity contribution in [3.8, 4) is 22.3 Å². The normalized spacial score (nSPS) is 13.3. The Bertz CT molecular complexity index is 3870. The first-order valence-electron chi connectivity index (χ1n) is 25.0. The third-order valence-corrected chi connectivity index (χ3v) is 16.5. The average Bonchev–Trinajstić information content (AvgIpc) is 3.77. The summed E-state index contributed by atoms with van der Waals surface area (Å²) in [6, 6.07) is 74.1. The van der Waals surface area contributed by atoms with Gasteiger partial charge in [0.25, 0.3) is 6.71 Å². The van der Waals surface area contributed by atoms with Crippen molar-refractivity contribution in [2.24, 2.45) is 0 Å². The number of nitrogens with zero attached hydrogens (tertiary/aromatic N) is 2. The molecule has 70 heavy (non-hydrogen) atoms. The summed E-state index contributed by atoms with van der Waals surface area (Å²) < 4.78 is 2.71. The summed E-state index contributed by atoms with van der Waals surface area (Å²) in [6.45, 7) is 16.2. The van der Waals surface area contributed by atoms with Crippen molar-refractivity contribution >= 4 is 110 Å². The monoisotopic (exact) mass is 918 g/mol. The molecule has 2 aliphatic heterocycles. The summed E-state index contributed by atoms with van der Waals surface area (Å²) in [4.78, 5) is 5.21. The van der Waals surface area contributed by atoms with Gasteiger partial charge in [0.15, 0.2) is 0 Å². The molecule has 0 aliphatic carbocycles. The van der Waals surface area contributed by atoms with Gasteiger partial charge in [-0.2, -0.15) is 0 Å². The highest BCUT2D eigenvalue weighted by Gasteiger charge is 2.45. The molecule has 11 aromatic rings. The van der Waals surface area contributed by atoms with Crippen molar-refractivity contribution in [3.05, 3.63) is 211 Å². The van der Waals surface area contributed by atoms with E-state index in [1.54, 1.807) is 0 Å².